The molecule has 9 heteroatoms. The van der Waals surface area contributed by atoms with Gasteiger partial charge in [-0.1, -0.05) is 54.6 Å². The van der Waals surface area contributed by atoms with E-state index in [2.05, 4.69) is 15.4 Å². The molecule has 0 aliphatic heterocycles. The first kappa shape index (κ1) is 28.5. The van der Waals surface area contributed by atoms with Crippen LogP contribution in [0.25, 0.3) is 10.8 Å². The normalized spacial score (nSPS) is 12.3. The van der Waals surface area contributed by atoms with Crippen LogP contribution in [0.2, 0.25) is 0 Å². The van der Waals surface area contributed by atoms with E-state index in [4.69, 9.17) is 5.26 Å². The van der Waals surface area contributed by atoms with Gasteiger partial charge in [0.1, 0.15) is 6.04 Å². The molecule has 0 spiro atoms. The van der Waals surface area contributed by atoms with Crippen LogP contribution in [-0.2, 0) is 21.2 Å². The number of hydrogen-bond donors (Lipinski definition) is 3. The highest BCUT2D eigenvalue weighted by Gasteiger charge is 2.26. The maximum atomic E-state index is 13.6. The van der Waals surface area contributed by atoms with Crippen LogP contribution in [-0.4, -0.2) is 31.8 Å². The van der Waals surface area contributed by atoms with Crippen LogP contribution in [0, 0.1) is 11.3 Å². The fourth-order valence-electron chi connectivity index (χ4n) is 4.30. The van der Waals surface area contributed by atoms with Crippen LogP contribution in [0.5, 0.6) is 0 Å². The van der Waals surface area contributed by atoms with E-state index in [9.17, 15) is 18.0 Å². The van der Waals surface area contributed by atoms with Crippen LogP contribution in [0.4, 0.5) is 5.69 Å². The Kier molecular flexibility index (Phi) is 8.33. The number of carbonyl (C=O) groups is 2. The second-order valence-corrected chi connectivity index (χ2v) is 12.1. The van der Waals surface area contributed by atoms with Gasteiger partial charge in [0, 0.05) is 34.0 Å². The zero-order chi connectivity index (χ0) is 28.9. The van der Waals surface area contributed by atoms with Crippen molar-refractivity contribution >= 4 is 38.3 Å². The van der Waals surface area contributed by atoms with Crippen LogP contribution in [0.15, 0.2) is 95.9 Å². The second kappa shape index (κ2) is 11.7. The molecule has 3 N–H and O–H groups in total. The summed E-state index contributed by atoms with van der Waals surface area (Å²) in [6.45, 7) is 5.29. The second-order valence-electron chi connectivity index (χ2n) is 10.4. The van der Waals surface area contributed by atoms with Crippen molar-refractivity contribution in [3.8, 4) is 6.07 Å². The van der Waals surface area contributed by atoms with Crippen molar-refractivity contribution < 1.29 is 18.0 Å². The van der Waals surface area contributed by atoms with Crippen molar-refractivity contribution in [1.82, 2.24) is 10.0 Å². The summed E-state index contributed by atoms with van der Waals surface area (Å²) in [5.41, 5.74) is 1.33. The Morgan fingerprint density at radius 1 is 0.850 bits per heavy atom. The summed E-state index contributed by atoms with van der Waals surface area (Å²) in [6.07, 6.45) is 0.231. The summed E-state index contributed by atoms with van der Waals surface area (Å²) in [4.78, 5) is 26.7. The fourth-order valence-corrected chi connectivity index (χ4v) is 5.94. The summed E-state index contributed by atoms with van der Waals surface area (Å²) in [6, 6.07) is 26.5. The molecule has 0 unspecified atom stereocenters. The standard InChI is InChI=1S/C31H30N4O4S/c1-31(2,3)35-40(38,39)28-14-8-11-24-25(28)12-7-13-26(24)33-30(37)27(19-21-9-5-4-6-10-21)34-29(36)23-17-15-22(20-32)16-18-23/h4-18,27,35H,19H2,1-3H3,(H,33,37)(H,34,36)/t27-/m0/s1. The molecule has 0 radical (unpaired) electrons. The monoisotopic (exact) mass is 554 g/mol. The van der Waals surface area contributed by atoms with E-state index in [1.165, 1.54) is 30.3 Å². The van der Waals surface area contributed by atoms with Crippen molar-refractivity contribution in [2.75, 3.05) is 5.32 Å². The lowest BCUT2D eigenvalue weighted by atomic mass is 10.0. The molecule has 0 saturated carbocycles. The summed E-state index contributed by atoms with van der Waals surface area (Å²) in [5, 5.41) is 15.7. The number of nitriles is 1. The molecule has 0 aromatic heterocycles. The fraction of sp³-hybridized carbons (Fsp3) is 0.194. The van der Waals surface area contributed by atoms with Crippen molar-refractivity contribution in [3.63, 3.8) is 0 Å². The molecule has 1 atom stereocenters. The quantitative estimate of drug-likeness (QED) is 0.289. The minimum absolute atomic E-state index is 0.103. The molecule has 2 amide bonds. The Bertz CT molecular complexity index is 1690. The summed E-state index contributed by atoms with van der Waals surface area (Å²) >= 11 is 0. The Balaban J connectivity index is 1.65. The molecule has 0 saturated heterocycles. The van der Waals surface area contributed by atoms with E-state index in [0.717, 1.165) is 5.56 Å². The van der Waals surface area contributed by atoms with Crippen LogP contribution in [0.3, 0.4) is 0 Å². The molecule has 4 aromatic carbocycles. The Morgan fingerprint density at radius 2 is 1.50 bits per heavy atom. The van der Waals surface area contributed by atoms with Gasteiger partial charge in [0.15, 0.2) is 0 Å². The minimum atomic E-state index is -3.84. The predicted octanol–water partition coefficient (Wildman–Crippen LogP) is 4.77. The molecule has 204 valence electrons. The van der Waals surface area contributed by atoms with E-state index in [1.54, 1.807) is 51.1 Å². The van der Waals surface area contributed by atoms with Crippen LogP contribution < -0.4 is 15.4 Å². The number of carbonyl (C=O) groups excluding carboxylic acids is 2. The lowest BCUT2D eigenvalue weighted by Crippen LogP contribution is -2.45. The number of nitrogens with zero attached hydrogens (tertiary/aromatic N) is 1. The largest absolute Gasteiger partial charge is 0.340 e. The average molecular weight is 555 g/mol. The topological polar surface area (TPSA) is 128 Å². The average Bonchev–Trinajstić information content (AvgIpc) is 2.91. The SMILES string of the molecule is CC(C)(C)NS(=O)(=O)c1cccc2c(NC(=O)[C@H](Cc3ccccc3)NC(=O)c3ccc(C#N)cc3)cccc12. The van der Waals surface area contributed by atoms with Gasteiger partial charge >= 0.3 is 0 Å². The molecular weight excluding hydrogens is 524 g/mol. The lowest BCUT2D eigenvalue weighted by Gasteiger charge is -2.22. The lowest BCUT2D eigenvalue weighted by molar-refractivity contribution is -0.118. The van der Waals surface area contributed by atoms with Gasteiger partial charge in [-0.25, -0.2) is 13.1 Å². The Labute approximate surface area is 234 Å². The third kappa shape index (κ3) is 6.91. The molecule has 4 aromatic rings. The third-order valence-electron chi connectivity index (χ3n) is 6.05. The van der Waals surface area contributed by atoms with E-state index in [1.807, 2.05) is 36.4 Å². The number of benzene rings is 4. The zero-order valence-corrected chi connectivity index (χ0v) is 23.2. The Morgan fingerprint density at radius 3 is 2.15 bits per heavy atom. The smallest absolute Gasteiger partial charge is 0.251 e. The first-order valence-electron chi connectivity index (χ1n) is 12.7. The van der Waals surface area contributed by atoms with Crippen molar-refractivity contribution in [2.24, 2.45) is 0 Å². The van der Waals surface area contributed by atoms with E-state index in [0.29, 0.717) is 27.6 Å². The van der Waals surface area contributed by atoms with Gasteiger partial charge in [0.05, 0.1) is 16.5 Å². The summed E-state index contributed by atoms with van der Waals surface area (Å²) in [7, 11) is -3.84. The molecule has 0 heterocycles. The maximum absolute atomic E-state index is 13.6. The molecule has 0 bridgehead atoms. The van der Waals surface area contributed by atoms with Gasteiger partial charge < -0.3 is 10.6 Å². The molecule has 0 aliphatic carbocycles. The van der Waals surface area contributed by atoms with E-state index < -0.39 is 33.4 Å². The number of anilines is 1. The van der Waals surface area contributed by atoms with Crippen LogP contribution in [0.1, 0.15) is 42.3 Å². The first-order chi connectivity index (χ1) is 19.0. The van der Waals surface area contributed by atoms with E-state index in [-0.39, 0.29) is 11.3 Å². The highest BCUT2D eigenvalue weighted by molar-refractivity contribution is 7.89. The molecule has 40 heavy (non-hydrogen) atoms. The summed E-state index contributed by atoms with van der Waals surface area (Å²) in [5.74, 6) is -0.917. The summed E-state index contributed by atoms with van der Waals surface area (Å²) < 4.78 is 29.0. The highest BCUT2D eigenvalue weighted by Crippen LogP contribution is 2.29. The number of rotatable bonds is 8. The molecular formula is C31H30N4O4S. The van der Waals surface area contributed by atoms with Gasteiger partial charge in [0.25, 0.3) is 5.91 Å². The number of nitrogens with one attached hydrogen (secondary N) is 3. The minimum Gasteiger partial charge on any atom is -0.340 e. The molecule has 0 aliphatic rings. The van der Waals surface area contributed by atoms with Crippen molar-refractivity contribution in [1.29, 1.82) is 5.26 Å². The third-order valence-corrected chi connectivity index (χ3v) is 7.87. The zero-order valence-electron chi connectivity index (χ0n) is 22.4. The number of sulfonamides is 1. The number of hydrogen-bond acceptors (Lipinski definition) is 5. The molecule has 4 rings (SSSR count). The van der Waals surface area contributed by atoms with Gasteiger partial charge in [-0.3, -0.25) is 9.59 Å². The van der Waals surface area contributed by atoms with Gasteiger partial charge in [0.2, 0.25) is 15.9 Å². The predicted molar refractivity (Wildman–Crippen MR) is 155 cm³/mol. The molecule has 8 nitrogen and oxygen atoms in total. The number of amides is 2. The number of fused-ring (bicyclic) bond motifs is 1. The molecule has 0 fully saturated rings. The van der Waals surface area contributed by atoms with Crippen molar-refractivity contribution in [3.05, 3.63) is 108 Å². The van der Waals surface area contributed by atoms with Crippen molar-refractivity contribution in [2.45, 2.75) is 43.7 Å². The van der Waals surface area contributed by atoms with Gasteiger partial charge in [-0.15, -0.1) is 0 Å². The maximum Gasteiger partial charge on any atom is 0.251 e. The van der Waals surface area contributed by atoms with E-state index >= 15 is 0 Å². The van der Waals surface area contributed by atoms with Gasteiger partial charge in [-0.05, 0) is 62.7 Å². The first-order valence-corrected chi connectivity index (χ1v) is 14.2. The van der Waals surface area contributed by atoms with Gasteiger partial charge in [-0.2, -0.15) is 5.26 Å². The highest BCUT2D eigenvalue weighted by atomic mass is 32.2. The van der Waals surface area contributed by atoms with Crippen LogP contribution >= 0.6 is 0 Å². The Hall–Kier alpha value is -4.52.